The lowest BCUT2D eigenvalue weighted by Gasteiger charge is -2.37. The van der Waals surface area contributed by atoms with Gasteiger partial charge in [-0.05, 0) is 22.3 Å². The van der Waals surface area contributed by atoms with Crippen molar-refractivity contribution in [2.24, 2.45) is 0 Å². The minimum atomic E-state index is -4.63. The molecule has 5 nitrogen and oxygen atoms in total. The Morgan fingerprint density at radius 2 is 1.66 bits per heavy atom. The number of hydrogen-bond donors (Lipinski definition) is 1. The highest BCUT2D eigenvalue weighted by molar-refractivity contribution is 5.79. The number of fused-ring (bicyclic) bond motifs is 3. The smallest absolute Gasteiger partial charge is 0.416 e. The van der Waals surface area contributed by atoms with Crippen molar-refractivity contribution in [3.8, 4) is 11.1 Å². The first kappa shape index (κ1) is 19.7. The number of amides is 1. The number of aliphatic hydroxyl groups excluding tert-OH is 1. The van der Waals surface area contributed by atoms with Crippen LogP contribution in [-0.2, 0) is 9.47 Å². The Hall–Kier alpha value is -2.58. The average molecular weight is 407 g/mol. The maximum atomic E-state index is 13.1. The Labute approximate surface area is 165 Å². The van der Waals surface area contributed by atoms with E-state index >= 15 is 0 Å². The van der Waals surface area contributed by atoms with Gasteiger partial charge in [0.2, 0.25) is 0 Å². The third kappa shape index (κ3) is 3.82. The number of aliphatic hydroxyl groups is 1. The van der Waals surface area contributed by atoms with E-state index < -0.39 is 37.6 Å². The van der Waals surface area contributed by atoms with E-state index in [9.17, 15) is 23.1 Å². The SMILES string of the molecule is O=C(OCC1c2ccccc2-c2ccccc21)N1CC(CO)OC(C(F)(F)F)C1. The van der Waals surface area contributed by atoms with Crippen LogP contribution in [0.25, 0.3) is 11.1 Å². The van der Waals surface area contributed by atoms with E-state index in [-0.39, 0.29) is 19.1 Å². The van der Waals surface area contributed by atoms with Crippen LogP contribution in [0.3, 0.4) is 0 Å². The van der Waals surface area contributed by atoms with Crippen LogP contribution in [0.2, 0.25) is 0 Å². The minimum absolute atomic E-state index is 0.0185. The van der Waals surface area contributed by atoms with Crippen molar-refractivity contribution in [1.29, 1.82) is 0 Å². The van der Waals surface area contributed by atoms with Crippen molar-refractivity contribution in [3.63, 3.8) is 0 Å². The topological polar surface area (TPSA) is 59.0 Å². The Balaban J connectivity index is 1.48. The van der Waals surface area contributed by atoms with Gasteiger partial charge in [0, 0.05) is 5.92 Å². The lowest BCUT2D eigenvalue weighted by molar-refractivity contribution is -0.253. The van der Waals surface area contributed by atoms with Gasteiger partial charge in [0.05, 0.1) is 25.8 Å². The van der Waals surface area contributed by atoms with Crippen LogP contribution in [0.5, 0.6) is 0 Å². The molecule has 29 heavy (non-hydrogen) atoms. The van der Waals surface area contributed by atoms with Gasteiger partial charge >= 0.3 is 12.3 Å². The van der Waals surface area contributed by atoms with Crippen LogP contribution in [-0.4, -0.2) is 60.8 Å². The fraction of sp³-hybridized carbons (Fsp3) is 0.381. The molecule has 2 aromatic carbocycles. The second-order valence-electron chi connectivity index (χ2n) is 7.18. The number of carbonyl (C=O) groups is 1. The zero-order valence-corrected chi connectivity index (χ0v) is 15.4. The lowest BCUT2D eigenvalue weighted by atomic mass is 9.98. The van der Waals surface area contributed by atoms with Crippen molar-refractivity contribution in [2.75, 3.05) is 26.3 Å². The standard InChI is InChI=1S/C21H20F3NO4/c22-21(23,24)19-10-25(9-13(11-26)29-19)20(27)28-12-18-16-7-3-1-5-14(16)15-6-2-4-8-17(15)18/h1-8,13,18-19,26H,9-12H2. The molecule has 0 saturated carbocycles. The summed E-state index contributed by atoms with van der Waals surface area (Å²) in [7, 11) is 0. The molecule has 0 bridgehead atoms. The lowest BCUT2D eigenvalue weighted by Crippen LogP contribution is -2.55. The third-order valence-electron chi connectivity index (χ3n) is 5.33. The molecule has 1 fully saturated rings. The average Bonchev–Trinajstić information content (AvgIpc) is 3.05. The van der Waals surface area contributed by atoms with E-state index in [1.165, 1.54) is 0 Å². The number of morpholine rings is 1. The van der Waals surface area contributed by atoms with Crippen LogP contribution >= 0.6 is 0 Å². The first-order chi connectivity index (χ1) is 13.9. The predicted octanol–water partition coefficient (Wildman–Crippen LogP) is 3.56. The van der Waals surface area contributed by atoms with Crippen LogP contribution in [0.4, 0.5) is 18.0 Å². The summed E-state index contributed by atoms with van der Waals surface area (Å²) < 4.78 is 49.4. The van der Waals surface area contributed by atoms with Crippen molar-refractivity contribution in [1.82, 2.24) is 4.90 Å². The van der Waals surface area contributed by atoms with E-state index in [0.717, 1.165) is 27.2 Å². The normalized spacial score (nSPS) is 21.6. The number of benzene rings is 2. The highest BCUT2D eigenvalue weighted by Crippen LogP contribution is 2.44. The monoisotopic (exact) mass is 407 g/mol. The summed E-state index contributed by atoms with van der Waals surface area (Å²) in [6.07, 6.45) is -8.72. The highest BCUT2D eigenvalue weighted by atomic mass is 19.4. The number of halogens is 3. The van der Waals surface area contributed by atoms with Crippen LogP contribution < -0.4 is 0 Å². The first-order valence-electron chi connectivity index (χ1n) is 9.31. The molecule has 0 radical (unpaired) electrons. The molecule has 2 atom stereocenters. The number of alkyl halides is 3. The molecule has 1 N–H and O–H groups in total. The summed E-state index contributed by atoms with van der Waals surface area (Å²) in [5.41, 5.74) is 4.16. The van der Waals surface area contributed by atoms with E-state index in [1.807, 2.05) is 48.5 Å². The predicted molar refractivity (Wildman–Crippen MR) is 98.4 cm³/mol. The summed E-state index contributed by atoms with van der Waals surface area (Å²) in [4.78, 5) is 13.5. The number of carbonyl (C=O) groups excluding carboxylic acids is 1. The molecular formula is C21H20F3NO4. The van der Waals surface area contributed by atoms with Gasteiger partial charge in [-0.3, -0.25) is 0 Å². The van der Waals surface area contributed by atoms with Gasteiger partial charge in [-0.1, -0.05) is 48.5 Å². The number of ether oxygens (including phenoxy) is 2. The zero-order valence-electron chi connectivity index (χ0n) is 15.4. The first-order valence-corrected chi connectivity index (χ1v) is 9.31. The second-order valence-corrected chi connectivity index (χ2v) is 7.18. The summed E-state index contributed by atoms with van der Waals surface area (Å²) in [6.45, 7) is -1.40. The van der Waals surface area contributed by atoms with Gasteiger partial charge in [0.25, 0.3) is 0 Å². The van der Waals surface area contributed by atoms with E-state index in [0.29, 0.717) is 0 Å². The Kier molecular flexibility index (Phi) is 5.23. The van der Waals surface area contributed by atoms with Crippen LogP contribution in [0.1, 0.15) is 17.0 Å². The van der Waals surface area contributed by atoms with Crippen LogP contribution in [0, 0.1) is 0 Å². The van der Waals surface area contributed by atoms with Gasteiger partial charge < -0.3 is 19.5 Å². The highest BCUT2D eigenvalue weighted by Gasteiger charge is 2.47. The number of nitrogens with zero attached hydrogens (tertiary/aromatic N) is 1. The molecule has 1 saturated heterocycles. The van der Waals surface area contributed by atoms with E-state index in [1.54, 1.807) is 0 Å². The Morgan fingerprint density at radius 3 is 2.21 bits per heavy atom. The summed E-state index contributed by atoms with van der Waals surface area (Å²) >= 11 is 0. The molecular weight excluding hydrogens is 387 g/mol. The molecule has 1 amide bonds. The van der Waals surface area contributed by atoms with Gasteiger partial charge in [-0.15, -0.1) is 0 Å². The fourth-order valence-electron chi connectivity index (χ4n) is 3.95. The van der Waals surface area contributed by atoms with E-state index in [2.05, 4.69) is 0 Å². The zero-order chi connectivity index (χ0) is 20.6. The molecule has 1 aliphatic carbocycles. The second kappa shape index (κ2) is 7.68. The summed E-state index contributed by atoms with van der Waals surface area (Å²) in [5, 5.41) is 9.22. The van der Waals surface area contributed by atoms with Gasteiger partial charge in [0.15, 0.2) is 6.10 Å². The number of rotatable bonds is 3. The van der Waals surface area contributed by atoms with Gasteiger partial charge in [-0.2, -0.15) is 13.2 Å². The van der Waals surface area contributed by atoms with Crippen molar-refractivity contribution in [2.45, 2.75) is 24.3 Å². The minimum Gasteiger partial charge on any atom is -0.448 e. The molecule has 1 heterocycles. The molecule has 1 aliphatic heterocycles. The van der Waals surface area contributed by atoms with Crippen molar-refractivity contribution >= 4 is 6.09 Å². The molecule has 4 rings (SSSR count). The maximum Gasteiger partial charge on any atom is 0.416 e. The van der Waals surface area contributed by atoms with Gasteiger partial charge in [-0.25, -0.2) is 4.79 Å². The summed E-state index contributed by atoms with van der Waals surface area (Å²) in [5.74, 6) is -0.181. The molecule has 154 valence electrons. The van der Waals surface area contributed by atoms with Crippen molar-refractivity contribution in [3.05, 3.63) is 59.7 Å². The summed E-state index contributed by atoms with van der Waals surface area (Å²) in [6, 6.07) is 15.6. The third-order valence-corrected chi connectivity index (χ3v) is 5.33. The molecule has 2 unspecified atom stereocenters. The molecule has 0 aromatic heterocycles. The Morgan fingerprint density at radius 1 is 1.07 bits per heavy atom. The maximum absolute atomic E-state index is 13.1. The molecule has 8 heteroatoms. The fourth-order valence-corrected chi connectivity index (χ4v) is 3.95. The van der Waals surface area contributed by atoms with E-state index in [4.69, 9.17) is 9.47 Å². The van der Waals surface area contributed by atoms with Gasteiger partial charge in [0.1, 0.15) is 6.61 Å². The molecule has 2 aliphatic rings. The molecule has 0 spiro atoms. The quantitative estimate of drug-likeness (QED) is 0.845. The van der Waals surface area contributed by atoms with Crippen LogP contribution in [0.15, 0.2) is 48.5 Å². The Bertz CT molecular complexity index is 856. The van der Waals surface area contributed by atoms with Crippen molar-refractivity contribution < 1.29 is 32.5 Å². The molecule has 2 aromatic rings. The largest absolute Gasteiger partial charge is 0.448 e. The number of hydrogen-bond acceptors (Lipinski definition) is 4.